The maximum Gasteiger partial charge on any atom is 0.283 e. The van der Waals surface area contributed by atoms with Crippen LogP contribution in [-0.2, 0) is 19.9 Å². The van der Waals surface area contributed by atoms with E-state index < -0.39 is 25.8 Å². The summed E-state index contributed by atoms with van der Waals surface area (Å²) in [5, 5.41) is 5.68. The van der Waals surface area contributed by atoms with Gasteiger partial charge in [0.25, 0.3) is 5.91 Å². The number of para-hydroxylation sites is 1. The minimum Gasteiger partial charge on any atom is -0.369 e. The van der Waals surface area contributed by atoms with Gasteiger partial charge in [-0.15, -0.1) is 0 Å². The van der Waals surface area contributed by atoms with Gasteiger partial charge >= 0.3 is 0 Å². The number of amides is 1. The molecule has 12 heteroatoms. The summed E-state index contributed by atoms with van der Waals surface area (Å²) in [5.74, 6) is -0.584. The predicted octanol–water partition coefficient (Wildman–Crippen LogP) is 1.61. The van der Waals surface area contributed by atoms with Crippen molar-refractivity contribution in [3.8, 4) is 5.69 Å². The first-order valence-corrected chi connectivity index (χ1v) is 14.8. The third-order valence-corrected chi connectivity index (χ3v) is 8.50. The van der Waals surface area contributed by atoms with E-state index in [0.29, 0.717) is 11.3 Å². The molecule has 0 radical (unpaired) electrons. The quantitative estimate of drug-likeness (QED) is 0.556. The summed E-state index contributed by atoms with van der Waals surface area (Å²) in [6.07, 6.45) is 3.99. The first-order chi connectivity index (χ1) is 16.1. The Labute approximate surface area is 197 Å². The molecule has 1 aliphatic carbocycles. The molecular weight excluding hydrogens is 478 g/mol. The lowest BCUT2D eigenvalue weighted by atomic mass is 9.82. The second-order valence-corrected chi connectivity index (χ2v) is 12.9. The SMILES string of the molecule is CS(=O)(=O)NC(=O)c1cc(N2CCS(=O)(=O)CC2)c2c(C3CCC3)nn(-c3ccccc3)c2n1. The Kier molecular flexibility index (Phi) is 5.59. The van der Waals surface area contributed by atoms with Crippen molar-refractivity contribution in [3.63, 3.8) is 0 Å². The molecule has 180 valence electrons. The third-order valence-electron chi connectivity index (χ3n) is 6.33. The fourth-order valence-corrected chi connectivity index (χ4v) is 6.02. The lowest BCUT2D eigenvalue weighted by Crippen LogP contribution is -2.40. The van der Waals surface area contributed by atoms with Crippen LogP contribution in [0.3, 0.4) is 0 Å². The number of sulfonamides is 1. The van der Waals surface area contributed by atoms with Crippen LogP contribution in [0.1, 0.15) is 41.4 Å². The Hall–Kier alpha value is -2.99. The van der Waals surface area contributed by atoms with Crippen LogP contribution in [-0.4, -0.2) is 68.4 Å². The normalized spacial score (nSPS) is 18.6. The third kappa shape index (κ3) is 4.39. The number of nitrogens with zero attached hydrogens (tertiary/aromatic N) is 4. The smallest absolute Gasteiger partial charge is 0.283 e. The van der Waals surface area contributed by atoms with Gasteiger partial charge in [-0.2, -0.15) is 5.10 Å². The van der Waals surface area contributed by atoms with Crippen molar-refractivity contribution in [2.75, 3.05) is 35.8 Å². The number of rotatable bonds is 5. The topological polar surface area (TPSA) is 131 Å². The minimum absolute atomic E-state index is 0.00721. The van der Waals surface area contributed by atoms with Gasteiger partial charge in [-0.25, -0.2) is 31.2 Å². The van der Waals surface area contributed by atoms with Crippen LogP contribution < -0.4 is 9.62 Å². The number of pyridine rings is 1. The van der Waals surface area contributed by atoms with Crippen molar-refractivity contribution >= 4 is 42.5 Å². The Morgan fingerprint density at radius 1 is 1.12 bits per heavy atom. The second-order valence-electron chi connectivity index (χ2n) is 8.83. The summed E-state index contributed by atoms with van der Waals surface area (Å²) >= 11 is 0. The molecule has 34 heavy (non-hydrogen) atoms. The van der Waals surface area contributed by atoms with E-state index in [4.69, 9.17) is 5.10 Å². The van der Waals surface area contributed by atoms with Crippen molar-refractivity contribution in [2.45, 2.75) is 25.2 Å². The van der Waals surface area contributed by atoms with Gasteiger partial charge in [-0.1, -0.05) is 24.6 Å². The van der Waals surface area contributed by atoms with E-state index in [0.717, 1.165) is 42.3 Å². The molecule has 0 atom stereocenters. The van der Waals surface area contributed by atoms with Gasteiger partial charge in [0.05, 0.1) is 40.2 Å². The maximum absolute atomic E-state index is 12.8. The van der Waals surface area contributed by atoms with Gasteiger partial charge in [-0.3, -0.25) is 4.79 Å². The lowest BCUT2D eigenvalue weighted by Gasteiger charge is -2.30. The van der Waals surface area contributed by atoms with E-state index in [9.17, 15) is 21.6 Å². The number of sulfone groups is 1. The Balaban J connectivity index is 1.74. The maximum atomic E-state index is 12.8. The Morgan fingerprint density at radius 2 is 1.79 bits per heavy atom. The number of aromatic nitrogens is 3. The number of hydrogen-bond acceptors (Lipinski definition) is 8. The highest BCUT2D eigenvalue weighted by molar-refractivity contribution is 7.91. The molecule has 1 saturated carbocycles. The van der Waals surface area contributed by atoms with Gasteiger partial charge in [0.1, 0.15) is 5.69 Å². The first-order valence-electron chi connectivity index (χ1n) is 11.1. The summed E-state index contributed by atoms with van der Waals surface area (Å²) < 4.78 is 51.2. The first kappa shape index (κ1) is 22.8. The van der Waals surface area contributed by atoms with Crippen LogP contribution in [0.25, 0.3) is 16.7 Å². The molecule has 2 fully saturated rings. The molecule has 0 bridgehead atoms. The van der Waals surface area contributed by atoms with Crippen LogP contribution in [0.2, 0.25) is 0 Å². The minimum atomic E-state index is -3.80. The molecule has 0 unspecified atom stereocenters. The molecule has 2 aromatic heterocycles. The van der Waals surface area contributed by atoms with Crippen LogP contribution in [0, 0.1) is 0 Å². The zero-order chi connectivity index (χ0) is 24.1. The second kappa shape index (κ2) is 8.35. The van der Waals surface area contributed by atoms with Gasteiger partial charge in [0.2, 0.25) is 10.0 Å². The van der Waals surface area contributed by atoms with Crippen LogP contribution >= 0.6 is 0 Å². The Bertz CT molecular complexity index is 1460. The number of benzene rings is 1. The lowest BCUT2D eigenvalue weighted by molar-refractivity contribution is 0.0977. The molecule has 2 aliphatic rings. The van der Waals surface area contributed by atoms with E-state index in [-0.39, 0.29) is 36.2 Å². The van der Waals surface area contributed by atoms with E-state index >= 15 is 0 Å². The zero-order valence-electron chi connectivity index (χ0n) is 18.6. The van der Waals surface area contributed by atoms with Crippen LogP contribution in [0.15, 0.2) is 36.4 Å². The summed E-state index contributed by atoms with van der Waals surface area (Å²) in [5.41, 5.74) is 2.66. The molecule has 1 N–H and O–H groups in total. The summed E-state index contributed by atoms with van der Waals surface area (Å²) in [6, 6.07) is 11.0. The molecule has 10 nitrogen and oxygen atoms in total. The van der Waals surface area contributed by atoms with Gasteiger partial charge in [0, 0.05) is 19.0 Å². The van der Waals surface area contributed by atoms with Crippen LogP contribution in [0.5, 0.6) is 0 Å². The van der Waals surface area contributed by atoms with Gasteiger partial charge < -0.3 is 4.90 Å². The molecule has 1 aromatic carbocycles. The van der Waals surface area contributed by atoms with Crippen molar-refractivity contribution in [1.29, 1.82) is 0 Å². The zero-order valence-corrected chi connectivity index (χ0v) is 20.3. The summed E-state index contributed by atoms with van der Waals surface area (Å²) in [6.45, 7) is 0.546. The standard InChI is InChI=1S/C22H25N5O5S2/c1-33(29,30)25-22(28)17-14-18(26-10-12-34(31,32)13-11-26)19-20(15-6-5-7-15)24-27(21(19)23-17)16-8-3-2-4-9-16/h2-4,8-9,14-15H,5-7,10-13H2,1H3,(H,25,28). The average Bonchev–Trinajstić information content (AvgIpc) is 3.10. The number of carbonyl (C=O) groups excluding carboxylic acids is 1. The largest absolute Gasteiger partial charge is 0.369 e. The number of carbonyl (C=O) groups is 1. The molecule has 3 aromatic rings. The molecule has 0 spiro atoms. The number of fused-ring (bicyclic) bond motifs is 1. The van der Waals surface area contributed by atoms with Crippen LogP contribution in [0.4, 0.5) is 5.69 Å². The molecule has 5 rings (SSSR count). The molecular formula is C22H25N5O5S2. The average molecular weight is 504 g/mol. The summed E-state index contributed by atoms with van der Waals surface area (Å²) in [7, 11) is -6.92. The van der Waals surface area contributed by atoms with Crippen molar-refractivity contribution < 1.29 is 21.6 Å². The highest BCUT2D eigenvalue weighted by Gasteiger charge is 2.32. The van der Waals surface area contributed by atoms with Crippen molar-refractivity contribution in [2.24, 2.45) is 0 Å². The van der Waals surface area contributed by atoms with E-state index in [1.165, 1.54) is 0 Å². The van der Waals surface area contributed by atoms with Gasteiger partial charge in [0.15, 0.2) is 15.5 Å². The Morgan fingerprint density at radius 3 is 2.38 bits per heavy atom. The van der Waals surface area contributed by atoms with Gasteiger partial charge in [-0.05, 0) is 31.0 Å². The van der Waals surface area contributed by atoms with E-state index in [1.54, 1.807) is 10.7 Å². The molecule has 1 aliphatic heterocycles. The molecule has 1 amide bonds. The van der Waals surface area contributed by atoms with E-state index in [1.807, 2.05) is 40.0 Å². The number of nitrogens with one attached hydrogen (secondary N) is 1. The molecule has 1 saturated heterocycles. The molecule has 3 heterocycles. The highest BCUT2D eigenvalue weighted by Crippen LogP contribution is 2.42. The fraction of sp³-hybridized carbons (Fsp3) is 0.409. The number of hydrogen-bond donors (Lipinski definition) is 1. The summed E-state index contributed by atoms with van der Waals surface area (Å²) in [4.78, 5) is 19.3. The number of anilines is 1. The van der Waals surface area contributed by atoms with Crippen molar-refractivity contribution in [3.05, 3.63) is 47.8 Å². The van der Waals surface area contributed by atoms with Crippen molar-refractivity contribution in [1.82, 2.24) is 19.5 Å². The monoisotopic (exact) mass is 503 g/mol. The fourth-order valence-electron chi connectivity index (χ4n) is 4.38. The highest BCUT2D eigenvalue weighted by atomic mass is 32.2. The van der Waals surface area contributed by atoms with E-state index in [2.05, 4.69) is 4.98 Å². The predicted molar refractivity (Wildman–Crippen MR) is 129 cm³/mol.